The van der Waals surface area contributed by atoms with Gasteiger partial charge in [0.2, 0.25) is 0 Å². The van der Waals surface area contributed by atoms with Crippen LogP contribution in [0.3, 0.4) is 0 Å². The monoisotopic (exact) mass is 309 g/mol. The fourth-order valence-electron chi connectivity index (χ4n) is 1.64. The summed E-state index contributed by atoms with van der Waals surface area (Å²) in [6.07, 6.45) is 0. The van der Waals surface area contributed by atoms with Gasteiger partial charge in [0, 0.05) is 12.6 Å². The first-order valence-corrected chi connectivity index (χ1v) is 6.32. The number of hydrogen-bond acceptors (Lipinski definition) is 2. The molecule has 94 valence electrons. The summed E-state index contributed by atoms with van der Waals surface area (Å²) in [5.74, 6) is 0.786. The van der Waals surface area contributed by atoms with Crippen LogP contribution in [-0.4, -0.2) is 0 Å². The first-order valence-electron chi connectivity index (χ1n) is 5.52. The van der Waals surface area contributed by atoms with Crippen LogP contribution < -0.4 is 10.5 Å². The van der Waals surface area contributed by atoms with Crippen molar-refractivity contribution in [3.05, 3.63) is 57.8 Å². The third-order valence-electron chi connectivity index (χ3n) is 2.66. The van der Waals surface area contributed by atoms with Gasteiger partial charge in [-0.1, -0.05) is 6.07 Å². The first kappa shape index (κ1) is 13.1. The van der Waals surface area contributed by atoms with Crippen molar-refractivity contribution in [2.45, 2.75) is 13.5 Å². The molecule has 2 aromatic rings. The molecule has 2 nitrogen and oxygen atoms in total. The number of hydrogen-bond donors (Lipinski definition) is 1. The smallest absolute Gasteiger partial charge is 0.144 e. The molecular weight excluding hydrogens is 297 g/mol. The number of halogens is 2. The minimum Gasteiger partial charge on any atom is -0.456 e. The molecular formula is C14H13BrFNO. The molecule has 2 N–H and O–H groups in total. The predicted molar refractivity (Wildman–Crippen MR) is 73.2 cm³/mol. The molecule has 0 radical (unpaired) electrons. The normalized spacial score (nSPS) is 10.4. The average Bonchev–Trinajstić information content (AvgIpc) is 2.34. The lowest BCUT2D eigenvalue weighted by molar-refractivity contribution is 0.473. The van der Waals surface area contributed by atoms with E-state index >= 15 is 0 Å². The third-order valence-corrected chi connectivity index (χ3v) is 3.31. The second-order valence-electron chi connectivity index (χ2n) is 3.97. The molecule has 0 bridgehead atoms. The Labute approximate surface area is 114 Å². The van der Waals surface area contributed by atoms with Crippen LogP contribution in [0.2, 0.25) is 0 Å². The highest BCUT2D eigenvalue weighted by molar-refractivity contribution is 9.10. The van der Waals surface area contributed by atoms with Gasteiger partial charge in [-0.15, -0.1) is 0 Å². The first-order chi connectivity index (χ1) is 8.60. The van der Waals surface area contributed by atoms with E-state index in [0.29, 0.717) is 22.5 Å². The largest absolute Gasteiger partial charge is 0.456 e. The molecule has 0 aliphatic heterocycles. The van der Waals surface area contributed by atoms with Crippen LogP contribution in [0.25, 0.3) is 0 Å². The lowest BCUT2D eigenvalue weighted by atomic mass is 10.1. The SMILES string of the molecule is Cc1cc(Oc2cc(F)ccc2Br)ccc1CN. The van der Waals surface area contributed by atoms with Crippen molar-refractivity contribution >= 4 is 15.9 Å². The standard InChI is InChI=1S/C14H13BrFNO/c1-9-6-12(4-2-10(9)8-17)18-14-7-11(16)3-5-13(14)15/h2-7H,8,17H2,1H3. The highest BCUT2D eigenvalue weighted by atomic mass is 79.9. The summed E-state index contributed by atoms with van der Waals surface area (Å²) in [6, 6.07) is 9.96. The summed E-state index contributed by atoms with van der Waals surface area (Å²) >= 11 is 3.32. The Morgan fingerprint density at radius 3 is 2.67 bits per heavy atom. The predicted octanol–water partition coefficient (Wildman–Crippen LogP) is 4.15. The zero-order chi connectivity index (χ0) is 13.1. The molecule has 18 heavy (non-hydrogen) atoms. The maximum atomic E-state index is 13.1. The van der Waals surface area contributed by atoms with E-state index in [1.54, 1.807) is 6.07 Å². The number of benzene rings is 2. The highest BCUT2D eigenvalue weighted by Crippen LogP contribution is 2.31. The molecule has 2 aromatic carbocycles. The van der Waals surface area contributed by atoms with Crippen LogP contribution in [0.4, 0.5) is 4.39 Å². The Balaban J connectivity index is 2.28. The summed E-state index contributed by atoms with van der Waals surface area (Å²) in [5, 5.41) is 0. The van der Waals surface area contributed by atoms with Gasteiger partial charge >= 0.3 is 0 Å². The van der Waals surface area contributed by atoms with Crippen LogP contribution in [-0.2, 0) is 6.54 Å². The molecule has 4 heteroatoms. The molecule has 0 saturated carbocycles. The van der Waals surface area contributed by atoms with Gasteiger partial charge in [-0.05, 0) is 58.2 Å². The summed E-state index contributed by atoms with van der Waals surface area (Å²) in [7, 11) is 0. The molecule has 0 unspecified atom stereocenters. The van der Waals surface area contributed by atoms with Gasteiger partial charge in [-0.2, -0.15) is 0 Å². The van der Waals surface area contributed by atoms with E-state index < -0.39 is 0 Å². The van der Waals surface area contributed by atoms with Gasteiger partial charge in [-0.3, -0.25) is 0 Å². The van der Waals surface area contributed by atoms with Crippen molar-refractivity contribution in [2.24, 2.45) is 5.73 Å². The van der Waals surface area contributed by atoms with Crippen molar-refractivity contribution < 1.29 is 9.13 Å². The molecule has 0 heterocycles. The quantitative estimate of drug-likeness (QED) is 0.924. The van der Waals surface area contributed by atoms with Gasteiger partial charge in [0.05, 0.1) is 4.47 Å². The van der Waals surface area contributed by atoms with Gasteiger partial charge in [-0.25, -0.2) is 4.39 Å². The number of rotatable bonds is 3. The van der Waals surface area contributed by atoms with Crippen molar-refractivity contribution in [1.82, 2.24) is 0 Å². The molecule has 0 aliphatic carbocycles. The van der Waals surface area contributed by atoms with Crippen LogP contribution >= 0.6 is 15.9 Å². The fraction of sp³-hybridized carbons (Fsp3) is 0.143. The number of nitrogens with two attached hydrogens (primary N) is 1. The third kappa shape index (κ3) is 2.89. The highest BCUT2D eigenvalue weighted by Gasteiger charge is 2.06. The second-order valence-corrected chi connectivity index (χ2v) is 4.82. The molecule has 0 spiro atoms. The summed E-state index contributed by atoms with van der Waals surface area (Å²) in [5.41, 5.74) is 7.73. The topological polar surface area (TPSA) is 35.2 Å². The lowest BCUT2D eigenvalue weighted by Crippen LogP contribution is -1.99. The maximum absolute atomic E-state index is 13.1. The van der Waals surface area contributed by atoms with Gasteiger partial charge in [0.25, 0.3) is 0 Å². The number of ether oxygens (including phenoxy) is 1. The Morgan fingerprint density at radius 1 is 1.22 bits per heavy atom. The average molecular weight is 310 g/mol. The van der Waals surface area contributed by atoms with Crippen LogP contribution in [0.5, 0.6) is 11.5 Å². The maximum Gasteiger partial charge on any atom is 0.144 e. The Kier molecular flexibility index (Phi) is 3.99. The Hall–Kier alpha value is -1.39. The van der Waals surface area contributed by atoms with E-state index in [9.17, 15) is 4.39 Å². The zero-order valence-electron chi connectivity index (χ0n) is 9.91. The van der Waals surface area contributed by atoms with Gasteiger partial charge < -0.3 is 10.5 Å². The molecule has 0 amide bonds. The molecule has 0 fully saturated rings. The van der Waals surface area contributed by atoms with Crippen LogP contribution in [0, 0.1) is 12.7 Å². The zero-order valence-corrected chi connectivity index (χ0v) is 11.5. The van der Waals surface area contributed by atoms with Crippen LogP contribution in [0.1, 0.15) is 11.1 Å². The molecule has 0 aromatic heterocycles. The van der Waals surface area contributed by atoms with Gasteiger partial charge in [0.15, 0.2) is 0 Å². The van der Waals surface area contributed by atoms with E-state index in [-0.39, 0.29) is 5.82 Å². The number of aryl methyl sites for hydroxylation is 1. The Bertz CT molecular complexity index is 572. The fourth-order valence-corrected chi connectivity index (χ4v) is 1.97. The van der Waals surface area contributed by atoms with E-state index in [4.69, 9.17) is 10.5 Å². The van der Waals surface area contributed by atoms with Gasteiger partial charge in [0.1, 0.15) is 17.3 Å². The van der Waals surface area contributed by atoms with E-state index in [1.807, 2.05) is 25.1 Å². The van der Waals surface area contributed by atoms with Crippen molar-refractivity contribution in [3.63, 3.8) is 0 Å². The van der Waals surface area contributed by atoms with Crippen molar-refractivity contribution in [1.29, 1.82) is 0 Å². The summed E-state index contributed by atoms with van der Waals surface area (Å²) in [4.78, 5) is 0. The van der Waals surface area contributed by atoms with E-state index in [1.165, 1.54) is 12.1 Å². The summed E-state index contributed by atoms with van der Waals surface area (Å²) < 4.78 is 19.5. The second kappa shape index (κ2) is 5.50. The Morgan fingerprint density at radius 2 is 2.00 bits per heavy atom. The minimum absolute atomic E-state index is 0.330. The molecule has 0 aliphatic rings. The van der Waals surface area contributed by atoms with E-state index in [0.717, 1.165) is 11.1 Å². The van der Waals surface area contributed by atoms with Crippen molar-refractivity contribution in [2.75, 3.05) is 0 Å². The van der Waals surface area contributed by atoms with E-state index in [2.05, 4.69) is 15.9 Å². The van der Waals surface area contributed by atoms with Crippen LogP contribution in [0.15, 0.2) is 40.9 Å². The lowest BCUT2D eigenvalue weighted by Gasteiger charge is -2.10. The molecule has 2 rings (SSSR count). The molecule has 0 atom stereocenters. The molecule has 0 saturated heterocycles. The van der Waals surface area contributed by atoms with Crippen molar-refractivity contribution in [3.8, 4) is 11.5 Å². The summed E-state index contributed by atoms with van der Waals surface area (Å²) in [6.45, 7) is 2.46. The minimum atomic E-state index is -0.330.